The topological polar surface area (TPSA) is 43.3 Å². The number of allylic oxidation sites excluding steroid dienone is 5. The Hall–Kier alpha value is -3.53. The van der Waals surface area contributed by atoms with E-state index in [1.54, 1.807) is 12.1 Å². The number of carboxylic acids is 1. The van der Waals surface area contributed by atoms with Crippen molar-refractivity contribution in [3.8, 4) is 0 Å². The molecular formula is C25H24N2O2+2. The molecule has 0 bridgehead atoms. The van der Waals surface area contributed by atoms with Crippen LogP contribution in [0.15, 0.2) is 71.8 Å². The molecule has 0 unspecified atom stereocenters. The number of hydrogen-bond acceptors (Lipinski definition) is 1. The largest absolute Gasteiger partial charge is 0.478 e. The van der Waals surface area contributed by atoms with Crippen LogP contribution in [-0.4, -0.2) is 53.8 Å². The van der Waals surface area contributed by atoms with Crippen LogP contribution in [0, 0.1) is 0 Å². The van der Waals surface area contributed by atoms with Gasteiger partial charge in [0.05, 0.1) is 5.56 Å². The molecule has 0 radical (unpaired) electrons. The summed E-state index contributed by atoms with van der Waals surface area (Å²) in [4.78, 5) is 11.9. The molecule has 0 heterocycles. The van der Waals surface area contributed by atoms with Gasteiger partial charge in [-0.15, -0.1) is 0 Å². The van der Waals surface area contributed by atoms with Gasteiger partial charge < -0.3 is 5.11 Å². The van der Waals surface area contributed by atoms with Crippen LogP contribution < -0.4 is 0 Å². The van der Waals surface area contributed by atoms with Gasteiger partial charge in [0.15, 0.2) is 5.71 Å². The molecule has 2 aliphatic carbocycles. The fourth-order valence-electron chi connectivity index (χ4n) is 3.98. The Balaban J connectivity index is 2.05. The third kappa shape index (κ3) is 3.27. The summed E-state index contributed by atoms with van der Waals surface area (Å²) in [5.74, 6) is -0.916. The highest BCUT2D eigenvalue weighted by Gasteiger charge is 2.28. The number of carboxylic acid groups (broad SMARTS) is 1. The zero-order chi connectivity index (χ0) is 20.7. The van der Waals surface area contributed by atoms with Crippen molar-refractivity contribution < 1.29 is 19.1 Å². The first-order chi connectivity index (χ1) is 13.9. The van der Waals surface area contributed by atoms with Crippen molar-refractivity contribution in [1.82, 2.24) is 0 Å². The van der Waals surface area contributed by atoms with Crippen molar-refractivity contribution in [2.45, 2.75) is 6.42 Å². The molecule has 2 aliphatic rings. The normalized spacial score (nSPS) is 14.9. The second kappa shape index (κ2) is 7.13. The number of hydrogen-bond donors (Lipinski definition) is 1. The Bertz CT molecular complexity index is 1190. The average Bonchev–Trinajstić information content (AvgIpc) is 2.70. The molecule has 0 amide bonds. The first-order valence-electron chi connectivity index (χ1n) is 9.54. The second-order valence-electron chi connectivity index (χ2n) is 7.68. The van der Waals surface area contributed by atoms with E-state index in [0.717, 1.165) is 40.1 Å². The van der Waals surface area contributed by atoms with Gasteiger partial charge in [-0.25, -0.2) is 13.9 Å². The maximum absolute atomic E-state index is 11.9. The maximum Gasteiger partial charge on any atom is 0.336 e. The Labute approximate surface area is 170 Å². The molecule has 144 valence electrons. The first-order valence-corrected chi connectivity index (χ1v) is 9.54. The van der Waals surface area contributed by atoms with E-state index < -0.39 is 5.97 Å². The summed E-state index contributed by atoms with van der Waals surface area (Å²) in [5, 5.41) is 9.79. The molecule has 2 aromatic carbocycles. The Morgan fingerprint density at radius 3 is 2.48 bits per heavy atom. The van der Waals surface area contributed by atoms with Crippen molar-refractivity contribution in [3.05, 3.63) is 94.1 Å². The number of aromatic carboxylic acids is 1. The van der Waals surface area contributed by atoms with Crippen molar-refractivity contribution in [1.29, 1.82) is 0 Å². The van der Waals surface area contributed by atoms with Crippen LogP contribution in [0.2, 0.25) is 0 Å². The minimum Gasteiger partial charge on any atom is -0.478 e. The monoisotopic (exact) mass is 384 g/mol. The lowest BCUT2D eigenvalue weighted by atomic mass is 9.76. The molecule has 1 N–H and O–H groups in total. The van der Waals surface area contributed by atoms with E-state index >= 15 is 0 Å². The van der Waals surface area contributed by atoms with Crippen molar-refractivity contribution in [2.75, 3.05) is 21.1 Å². The summed E-state index contributed by atoms with van der Waals surface area (Å²) in [6.45, 7) is 4.00. The smallest absolute Gasteiger partial charge is 0.336 e. The van der Waals surface area contributed by atoms with E-state index in [2.05, 4.69) is 41.7 Å². The van der Waals surface area contributed by atoms with Crippen LogP contribution in [0.5, 0.6) is 0 Å². The van der Waals surface area contributed by atoms with Crippen molar-refractivity contribution >= 4 is 29.7 Å². The third-order valence-electron chi connectivity index (χ3n) is 5.48. The van der Waals surface area contributed by atoms with Crippen LogP contribution in [0.1, 0.15) is 27.0 Å². The number of fused-ring (bicyclic) bond motifs is 2. The van der Waals surface area contributed by atoms with Crippen LogP contribution in [0.3, 0.4) is 0 Å². The standard InChI is InChI=1S/C25H23N2O2/c1-26(2)18-9-11-20-16(14-18)13-17-15-19(27(3)4)10-12-21(17)24(20)22-7-5-6-8-23(22)25(28)29/h5-12,14-15H,1,13H2,2-4H3/q+1/p+1. The van der Waals surface area contributed by atoms with Crippen LogP contribution in [0.25, 0.3) is 5.57 Å². The molecular weight excluding hydrogens is 360 g/mol. The van der Waals surface area contributed by atoms with E-state index in [-0.39, 0.29) is 0 Å². The molecule has 0 atom stereocenters. The van der Waals surface area contributed by atoms with Crippen LogP contribution >= 0.6 is 0 Å². The van der Waals surface area contributed by atoms with Crippen molar-refractivity contribution in [2.24, 2.45) is 0 Å². The highest BCUT2D eigenvalue weighted by Crippen LogP contribution is 2.42. The van der Waals surface area contributed by atoms with Gasteiger partial charge in [0.1, 0.15) is 27.9 Å². The zero-order valence-corrected chi connectivity index (χ0v) is 16.9. The predicted octanol–water partition coefficient (Wildman–Crippen LogP) is 3.93. The highest BCUT2D eigenvalue weighted by molar-refractivity contribution is 6.07. The van der Waals surface area contributed by atoms with Gasteiger partial charge >= 0.3 is 5.97 Å². The van der Waals surface area contributed by atoms with Gasteiger partial charge in [-0.05, 0) is 58.0 Å². The molecule has 4 rings (SSSR count). The molecule has 4 nitrogen and oxygen atoms in total. The highest BCUT2D eigenvalue weighted by atomic mass is 16.4. The molecule has 0 saturated carbocycles. The molecule has 0 saturated heterocycles. The van der Waals surface area contributed by atoms with E-state index in [4.69, 9.17) is 0 Å². The third-order valence-corrected chi connectivity index (χ3v) is 5.48. The summed E-state index contributed by atoms with van der Waals surface area (Å²) in [6.07, 6.45) is 7.20. The average molecular weight is 384 g/mol. The lowest BCUT2D eigenvalue weighted by Crippen LogP contribution is -2.17. The Morgan fingerprint density at radius 1 is 1.03 bits per heavy atom. The fourth-order valence-corrected chi connectivity index (χ4v) is 3.98. The molecule has 29 heavy (non-hydrogen) atoms. The number of carbonyl (C=O) groups is 1. The summed E-state index contributed by atoms with van der Waals surface area (Å²) < 4.78 is 3.93. The summed E-state index contributed by atoms with van der Waals surface area (Å²) >= 11 is 0. The van der Waals surface area contributed by atoms with Crippen LogP contribution in [-0.2, 0) is 6.42 Å². The molecule has 0 fully saturated rings. The molecule has 0 aliphatic heterocycles. The van der Waals surface area contributed by atoms with E-state index in [0.29, 0.717) is 5.56 Å². The quantitative estimate of drug-likeness (QED) is 0.644. The SMILES string of the molecule is C=[N+](C)c1ccc2c(c1)CC1=CC(=[N+](C)C)C=CC1=C2c1ccccc1C(=O)O. The van der Waals surface area contributed by atoms with Gasteiger partial charge in [-0.1, -0.05) is 18.2 Å². The van der Waals surface area contributed by atoms with Crippen LogP contribution in [0.4, 0.5) is 5.69 Å². The fraction of sp³-hybridized carbons (Fsp3) is 0.160. The number of nitrogens with zero attached hydrogens (tertiary/aromatic N) is 2. The number of benzene rings is 2. The van der Waals surface area contributed by atoms with Gasteiger partial charge in [0, 0.05) is 24.3 Å². The summed E-state index contributed by atoms with van der Waals surface area (Å²) in [7, 11) is 5.98. The minimum atomic E-state index is -0.916. The molecule has 2 aromatic rings. The lowest BCUT2D eigenvalue weighted by Gasteiger charge is -2.27. The van der Waals surface area contributed by atoms with Gasteiger partial charge in [0.25, 0.3) is 0 Å². The Morgan fingerprint density at radius 2 is 1.79 bits per heavy atom. The summed E-state index contributed by atoms with van der Waals surface area (Å²) in [5.41, 5.74) is 8.74. The summed E-state index contributed by atoms with van der Waals surface area (Å²) in [6, 6.07) is 13.5. The second-order valence-corrected chi connectivity index (χ2v) is 7.68. The van der Waals surface area contributed by atoms with Gasteiger partial charge in [-0.3, -0.25) is 0 Å². The van der Waals surface area contributed by atoms with Gasteiger partial charge in [-0.2, -0.15) is 0 Å². The minimum absolute atomic E-state index is 0.316. The van der Waals surface area contributed by atoms with E-state index in [1.807, 2.05) is 43.9 Å². The maximum atomic E-state index is 11.9. The van der Waals surface area contributed by atoms with E-state index in [9.17, 15) is 9.90 Å². The molecule has 0 spiro atoms. The molecule has 0 aromatic heterocycles. The first kappa shape index (κ1) is 18.8. The Kier molecular flexibility index (Phi) is 4.63. The predicted molar refractivity (Wildman–Crippen MR) is 117 cm³/mol. The van der Waals surface area contributed by atoms with Gasteiger partial charge in [0.2, 0.25) is 5.69 Å². The lowest BCUT2D eigenvalue weighted by molar-refractivity contribution is -0.462. The van der Waals surface area contributed by atoms with E-state index in [1.165, 1.54) is 11.1 Å². The molecule has 4 heteroatoms. The number of rotatable bonds is 3. The van der Waals surface area contributed by atoms with Crippen molar-refractivity contribution in [3.63, 3.8) is 0 Å². The zero-order valence-electron chi connectivity index (χ0n) is 16.9.